The molecular formula is C16H14N2O3. The van der Waals surface area contributed by atoms with Crippen molar-refractivity contribution in [1.29, 1.82) is 0 Å². The molecule has 21 heavy (non-hydrogen) atoms. The van der Waals surface area contributed by atoms with E-state index in [9.17, 15) is 4.79 Å². The van der Waals surface area contributed by atoms with Crippen molar-refractivity contribution >= 4 is 11.6 Å². The number of ether oxygens (including phenoxy) is 1. The molecule has 0 aliphatic carbocycles. The Bertz CT molecular complexity index is 791. The molecule has 0 aliphatic rings. The summed E-state index contributed by atoms with van der Waals surface area (Å²) in [4.78, 5) is 15.3. The van der Waals surface area contributed by atoms with Gasteiger partial charge in [0, 0.05) is 12.4 Å². The molecule has 0 radical (unpaired) electrons. The number of carboxylic acids is 1. The number of pyridine rings is 1. The van der Waals surface area contributed by atoms with E-state index in [1.165, 1.54) is 11.6 Å². The molecule has 1 aromatic carbocycles. The van der Waals surface area contributed by atoms with Gasteiger partial charge in [-0.2, -0.15) is 0 Å². The van der Waals surface area contributed by atoms with Gasteiger partial charge in [-0.05, 0) is 31.2 Å². The van der Waals surface area contributed by atoms with Crippen molar-refractivity contribution in [1.82, 2.24) is 9.38 Å². The number of imidazole rings is 1. The zero-order valence-corrected chi connectivity index (χ0v) is 11.5. The number of nitrogens with zero attached hydrogens (tertiary/aromatic N) is 2. The predicted octanol–water partition coefficient (Wildman–Crippen LogP) is 2.92. The first kappa shape index (κ1) is 13.2. The summed E-state index contributed by atoms with van der Waals surface area (Å²) in [6, 6.07) is 10.9. The lowest BCUT2D eigenvalue weighted by Crippen LogP contribution is -1.97. The van der Waals surface area contributed by atoms with Crippen LogP contribution in [0.4, 0.5) is 0 Å². The maximum atomic E-state index is 10.9. The van der Waals surface area contributed by atoms with Crippen molar-refractivity contribution in [3.8, 4) is 5.75 Å². The van der Waals surface area contributed by atoms with Crippen LogP contribution >= 0.6 is 0 Å². The fourth-order valence-electron chi connectivity index (χ4n) is 2.03. The number of hydrogen-bond donors (Lipinski definition) is 1. The van der Waals surface area contributed by atoms with Gasteiger partial charge < -0.3 is 14.2 Å². The van der Waals surface area contributed by atoms with Gasteiger partial charge in [-0.15, -0.1) is 0 Å². The molecule has 0 amide bonds. The minimum atomic E-state index is -0.960. The number of carbonyl (C=O) groups is 1. The van der Waals surface area contributed by atoms with Crippen LogP contribution in [0.25, 0.3) is 5.65 Å². The lowest BCUT2D eigenvalue weighted by Gasteiger charge is -2.03. The highest BCUT2D eigenvalue weighted by Crippen LogP contribution is 2.14. The van der Waals surface area contributed by atoms with E-state index in [-0.39, 0.29) is 5.56 Å². The number of rotatable bonds is 4. The average Bonchev–Trinajstić information content (AvgIpc) is 2.88. The number of hydrogen-bond acceptors (Lipinski definition) is 3. The summed E-state index contributed by atoms with van der Waals surface area (Å²) < 4.78 is 7.44. The van der Waals surface area contributed by atoms with Crippen molar-refractivity contribution in [3.63, 3.8) is 0 Å². The summed E-state index contributed by atoms with van der Waals surface area (Å²) in [5.41, 5.74) is 2.74. The fraction of sp³-hybridized carbons (Fsp3) is 0.125. The van der Waals surface area contributed by atoms with E-state index in [1.807, 2.05) is 37.4 Å². The Kier molecular flexibility index (Phi) is 3.31. The quantitative estimate of drug-likeness (QED) is 0.799. The molecule has 0 bridgehead atoms. The second-order valence-corrected chi connectivity index (χ2v) is 4.82. The Morgan fingerprint density at radius 3 is 2.76 bits per heavy atom. The molecule has 0 spiro atoms. The lowest BCUT2D eigenvalue weighted by molar-refractivity contribution is 0.0697. The Morgan fingerprint density at radius 1 is 1.29 bits per heavy atom. The molecule has 3 rings (SSSR count). The Hall–Kier alpha value is -2.82. The molecule has 0 fully saturated rings. The zero-order valence-electron chi connectivity index (χ0n) is 11.5. The van der Waals surface area contributed by atoms with E-state index >= 15 is 0 Å². The first-order valence-corrected chi connectivity index (χ1v) is 6.52. The number of fused-ring (bicyclic) bond motifs is 1. The summed E-state index contributed by atoms with van der Waals surface area (Å²) in [6.07, 6.45) is 3.51. The fourth-order valence-corrected chi connectivity index (χ4v) is 2.03. The normalized spacial score (nSPS) is 10.7. The van der Waals surface area contributed by atoms with Crippen LogP contribution in [0.2, 0.25) is 0 Å². The molecule has 5 heteroatoms. The molecule has 0 atom stereocenters. The van der Waals surface area contributed by atoms with E-state index < -0.39 is 5.97 Å². The van der Waals surface area contributed by atoms with Crippen LogP contribution in [0, 0.1) is 6.92 Å². The largest absolute Gasteiger partial charge is 0.487 e. The highest BCUT2D eigenvalue weighted by atomic mass is 16.5. The average molecular weight is 282 g/mol. The minimum absolute atomic E-state index is 0.221. The maximum absolute atomic E-state index is 10.9. The summed E-state index contributed by atoms with van der Waals surface area (Å²) in [5, 5.41) is 8.96. The van der Waals surface area contributed by atoms with E-state index in [0.29, 0.717) is 12.3 Å². The monoisotopic (exact) mass is 282 g/mol. The number of aryl methyl sites for hydroxylation is 1. The van der Waals surface area contributed by atoms with Gasteiger partial charge >= 0.3 is 5.97 Å². The number of carboxylic acid groups (broad SMARTS) is 1. The highest BCUT2D eigenvalue weighted by molar-refractivity contribution is 5.88. The third-order valence-electron chi connectivity index (χ3n) is 3.16. The molecule has 5 nitrogen and oxygen atoms in total. The maximum Gasteiger partial charge on any atom is 0.335 e. The molecule has 0 saturated carbocycles. The molecular weight excluding hydrogens is 268 g/mol. The van der Waals surface area contributed by atoms with Gasteiger partial charge in [0.2, 0.25) is 0 Å². The van der Waals surface area contributed by atoms with Gasteiger partial charge in [-0.25, -0.2) is 9.78 Å². The molecule has 0 aliphatic heterocycles. The van der Waals surface area contributed by atoms with Gasteiger partial charge in [0.1, 0.15) is 18.0 Å². The minimum Gasteiger partial charge on any atom is -0.487 e. The molecule has 0 unspecified atom stereocenters. The van der Waals surface area contributed by atoms with Crippen LogP contribution < -0.4 is 4.74 Å². The first-order chi connectivity index (χ1) is 10.1. The van der Waals surface area contributed by atoms with Crippen LogP contribution in [-0.2, 0) is 6.61 Å². The summed E-state index contributed by atoms with van der Waals surface area (Å²) >= 11 is 0. The van der Waals surface area contributed by atoms with Crippen molar-refractivity contribution in [2.75, 3.05) is 0 Å². The Balaban J connectivity index is 1.78. The van der Waals surface area contributed by atoms with E-state index in [4.69, 9.17) is 9.84 Å². The van der Waals surface area contributed by atoms with Gasteiger partial charge in [0.15, 0.2) is 0 Å². The van der Waals surface area contributed by atoms with Crippen molar-refractivity contribution in [3.05, 3.63) is 65.6 Å². The topological polar surface area (TPSA) is 63.8 Å². The third-order valence-corrected chi connectivity index (χ3v) is 3.16. The van der Waals surface area contributed by atoms with Crippen molar-refractivity contribution < 1.29 is 14.6 Å². The molecule has 2 aromatic heterocycles. The van der Waals surface area contributed by atoms with Crippen molar-refractivity contribution in [2.45, 2.75) is 13.5 Å². The molecule has 0 saturated heterocycles. The first-order valence-electron chi connectivity index (χ1n) is 6.52. The Morgan fingerprint density at radius 2 is 2.05 bits per heavy atom. The summed E-state index contributed by atoms with van der Waals surface area (Å²) in [6.45, 7) is 2.36. The van der Waals surface area contributed by atoms with Crippen LogP contribution in [0.15, 0.2) is 48.8 Å². The number of aromatic nitrogens is 2. The molecule has 3 aromatic rings. The third kappa shape index (κ3) is 2.86. The second kappa shape index (κ2) is 5.28. The predicted molar refractivity (Wildman–Crippen MR) is 77.7 cm³/mol. The molecule has 2 heterocycles. The van der Waals surface area contributed by atoms with E-state index in [1.54, 1.807) is 16.7 Å². The standard InChI is InChI=1S/C16H14N2O3/c1-11-2-4-14(5-3-11)21-10-13-9-18-7-6-12(16(19)20)8-15(18)17-13/h2-9H,10H2,1H3,(H,19,20). The number of aromatic carboxylic acids is 1. The van der Waals surface area contributed by atoms with Gasteiger partial charge in [-0.3, -0.25) is 0 Å². The zero-order chi connectivity index (χ0) is 14.8. The van der Waals surface area contributed by atoms with Crippen LogP contribution in [0.1, 0.15) is 21.6 Å². The summed E-state index contributed by atoms with van der Waals surface area (Å²) in [5.74, 6) is -0.179. The smallest absolute Gasteiger partial charge is 0.335 e. The molecule has 106 valence electrons. The van der Waals surface area contributed by atoms with Gasteiger partial charge in [-0.1, -0.05) is 17.7 Å². The van der Waals surface area contributed by atoms with Crippen LogP contribution in [-0.4, -0.2) is 20.5 Å². The highest BCUT2D eigenvalue weighted by Gasteiger charge is 2.07. The van der Waals surface area contributed by atoms with Crippen LogP contribution in [0.5, 0.6) is 5.75 Å². The van der Waals surface area contributed by atoms with Crippen LogP contribution in [0.3, 0.4) is 0 Å². The number of benzene rings is 1. The Labute approximate surface area is 121 Å². The SMILES string of the molecule is Cc1ccc(OCc2cn3ccc(C(=O)O)cc3n2)cc1. The van der Waals surface area contributed by atoms with Gasteiger partial charge in [0.25, 0.3) is 0 Å². The van der Waals surface area contributed by atoms with E-state index in [0.717, 1.165) is 11.4 Å². The second-order valence-electron chi connectivity index (χ2n) is 4.82. The lowest BCUT2D eigenvalue weighted by atomic mass is 10.2. The van der Waals surface area contributed by atoms with E-state index in [2.05, 4.69) is 4.98 Å². The van der Waals surface area contributed by atoms with Crippen molar-refractivity contribution in [2.24, 2.45) is 0 Å². The van der Waals surface area contributed by atoms with Gasteiger partial charge in [0.05, 0.1) is 11.3 Å². The molecule has 1 N–H and O–H groups in total. The summed E-state index contributed by atoms with van der Waals surface area (Å²) in [7, 11) is 0.